The minimum atomic E-state index is -0.594. The van der Waals surface area contributed by atoms with Crippen LogP contribution >= 0.6 is 23.2 Å². The number of hydrogen-bond donors (Lipinski definition) is 3. The maximum absolute atomic E-state index is 14.0. The first-order valence-electron chi connectivity index (χ1n) is 23.7. The van der Waals surface area contributed by atoms with Crippen LogP contribution in [-0.4, -0.2) is 90.3 Å². The Morgan fingerprint density at radius 3 is 1.72 bits per heavy atom. The molecule has 2 saturated heterocycles. The van der Waals surface area contributed by atoms with Crippen molar-refractivity contribution in [3.63, 3.8) is 0 Å². The number of imidazole rings is 2. The maximum Gasteiger partial charge on any atom is 0.407 e. The van der Waals surface area contributed by atoms with Gasteiger partial charge in [-0.1, -0.05) is 65.7 Å². The third-order valence-corrected chi connectivity index (χ3v) is 12.7. The van der Waals surface area contributed by atoms with Crippen molar-refractivity contribution in [2.45, 2.75) is 104 Å². The fourth-order valence-electron chi connectivity index (χ4n) is 8.91. The van der Waals surface area contributed by atoms with E-state index in [1.165, 1.54) is 16.7 Å². The lowest BCUT2D eigenvalue weighted by Gasteiger charge is -2.34. The number of halogens is 3. The van der Waals surface area contributed by atoms with E-state index < -0.39 is 29.2 Å². The first-order valence-corrected chi connectivity index (χ1v) is 24.5. The number of ether oxygens (including phenoxy) is 2. The molecule has 2 amide bonds. The van der Waals surface area contributed by atoms with Crippen molar-refractivity contribution in [3.05, 3.63) is 145 Å². The van der Waals surface area contributed by atoms with E-state index in [9.17, 15) is 23.6 Å². The van der Waals surface area contributed by atoms with Gasteiger partial charge in [0.05, 0.1) is 29.8 Å². The second-order valence-electron chi connectivity index (χ2n) is 19.8. The highest BCUT2D eigenvalue weighted by Crippen LogP contribution is 2.29. The molecule has 374 valence electrons. The molecule has 16 nitrogen and oxygen atoms in total. The normalized spacial score (nSPS) is 16.4. The summed E-state index contributed by atoms with van der Waals surface area (Å²) in [4.78, 5) is 67.8. The van der Waals surface area contributed by atoms with E-state index in [0.717, 1.165) is 43.4 Å². The van der Waals surface area contributed by atoms with Gasteiger partial charge in [-0.3, -0.25) is 14.2 Å². The number of carbonyl (C=O) groups is 2. The van der Waals surface area contributed by atoms with Gasteiger partial charge >= 0.3 is 12.2 Å². The van der Waals surface area contributed by atoms with Crippen molar-refractivity contribution in [1.29, 1.82) is 0 Å². The predicted molar refractivity (Wildman–Crippen MR) is 276 cm³/mol. The summed E-state index contributed by atoms with van der Waals surface area (Å²) in [5.41, 5.74) is 2.54. The number of piperidine rings is 2. The van der Waals surface area contributed by atoms with Crippen LogP contribution in [0.25, 0.3) is 27.8 Å². The molecule has 2 fully saturated rings. The smallest absolute Gasteiger partial charge is 0.407 e. The lowest BCUT2D eigenvalue weighted by atomic mass is 10.1. The molecule has 6 heterocycles. The summed E-state index contributed by atoms with van der Waals surface area (Å²) in [6, 6.07) is 24.3. The molecule has 0 unspecified atom stereocenters. The second-order valence-corrected chi connectivity index (χ2v) is 20.6. The fraction of sp³-hybridized carbons (Fsp3) is 0.385. The van der Waals surface area contributed by atoms with Gasteiger partial charge in [0.2, 0.25) is 11.9 Å². The van der Waals surface area contributed by atoms with Crippen LogP contribution in [0.5, 0.6) is 0 Å². The van der Waals surface area contributed by atoms with Crippen molar-refractivity contribution < 1.29 is 23.5 Å². The van der Waals surface area contributed by atoms with E-state index in [4.69, 9.17) is 42.6 Å². The van der Waals surface area contributed by atoms with Crippen LogP contribution in [0.3, 0.4) is 0 Å². The predicted octanol–water partition coefficient (Wildman–Crippen LogP) is 9.44. The summed E-state index contributed by atoms with van der Waals surface area (Å²) in [7, 11) is 0. The topological polar surface area (TPSA) is 174 Å². The van der Waals surface area contributed by atoms with Crippen molar-refractivity contribution in [1.82, 2.24) is 39.3 Å². The van der Waals surface area contributed by atoms with E-state index in [1.807, 2.05) is 99.2 Å². The average molecular weight is 1010 g/mol. The van der Waals surface area contributed by atoms with Gasteiger partial charge in [0.1, 0.15) is 28.1 Å². The van der Waals surface area contributed by atoms with Gasteiger partial charge < -0.3 is 44.0 Å². The minimum absolute atomic E-state index is 0.0783. The number of aromatic amines is 1. The van der Waals surface area contributed by atoms with Crippen LogP contribution in [0.1, 0.15) is 78.4 Å². The molecular weight excluding hydrogens is 951 g/mol. The quantitative estimate of drug-likeness (QED) is 0.126. The summed E-state index contributed by atoms with van der Waals surface area (Å²) in [5, 5.41) is 7.16. The summed E-state index contributed by atoms with van der Waals surface area (Å²) in [6.45, 7) is 14.3. The van der Waals surface area contributed by atoms with Gasteiger partial charge in [0.25, 0.3) is 11.1 Å². The van der Waals surface area contributed by atoms with E-state index in [2.05, 4.69) is 25.4 Å². The summed E-state index contributed by atoms with van der Waals surface area (Å²) >= 11 is 12.9. The van der Waals surface area contributed by atoms with Crippen molar-refractivity contribution in [3.8, 4) is 5.69 Å². The standard InChI is InChI=1S/C29H31ClFN5O3.C23H28ClN5O3/c1-29(2,3)39-28(38)32-21-10-7-14-34(18-21)27-33-24-13-15-35(22-11-6-9-20(31)16-22)26(37)25(24)36(27)17-19-8-4-5-12-23(19)30;1-23(2,3)32-22(31)26-16-8-6-12-28(14-16)21-27-18-10-11-25-20(30)19(18)29(21)13-15-7-4-5-9-17(15)24/h4-6,8-9,11-13,15-16,21H,7,10,14,17-18H2,1-3H3,(H,32,38);4-5,7,9-11,16H,6,8,12-14H2,1-3H3,(H,25,30)(H,26,31)/t21-;16-/m11/s1. The zero-order chi connectivity index (χ0) is 50.6. The Hall–Kier alpha value is -6.85. The second kappa shape index (κ2) is 21.2. The molecule has 3 aromatic carbocycles. The number of nitrogens with zero attached hydrogens (tertiary/aromatic N) is 7. The molecule has 9 rings (SSSR count). The molecule has 7 aromatic rings. The van der Waals surface area contributed by atoms with Crippen LogP contribution in [0.4, 0.5) is 25.9 Å². The number of anilines is 2. The SMILES string of the molecule is CC(C)(C)OC(=O)N[C@@H]1CCCN(c2nc3cc[nH]c(=O)c3n2Cc2ccccc2Cl)C1.CC(C)(C)OC(=O)N[C@@H]1CCCN(c2nc3ccn(-c4cccc(F)c4)c(=O)c3n2Cc2ccccc2Cl)C1. The van der Waals surface area contributed by atoms with Crippen molar-refractivity contribution >= 4 is 69.4 Å². The Morgan fingerprint density at radius 1 is 0.704 bits per heavy atom. The van der Waals surface area contributed by atoms with Gasteiger partial charge in [0.15, 0.2) is 0 Å². The van der Waals surface area contributed by atoms with Gasteiger partial charge in [-0.2, -0.15) is 0 Å². The molecule has 4 aromatic heterocycles. The number of amides is 2. The highest BCUT2D eigenvalue weighted by Gasteiger charge is 2.30. The third-order valence-electron chi connectivity index (χ3n) is 11.9. The van der Waals surface area contributed by atoms with E-state index in [-0.39, 0.29) is 23.2 Å². The van der Waals surface area contributed by atoms with Gasteiger partial charge in [-0.15, -0.1) is 0 Å². The number of pyridine rings is 2. The molecule has 19 heteroatoms. The lowest BCUT2D eigenvalue weighted by molar-refractivity contribution is 0.0488. The zero-order valence-corrected chi connectivity index (χ0v) is 42.2. The van der Waals surface area contributed by atoms with Gasteiger partial charge in [-0.25, -0.2) is 23.9 Å². The largest absolute Gasteiger partial charge is 0.444 e. The Morgan fingerprint density at radius 2 is 1.21 bits per heavy atom. The van der Waals surface area contributed by atoms with Crippen LogP contribution < -0.4 is 31.6 Å². The molecular formula is C52H59Cl2FN10O6. The zero-order valence-electron chi connectivity index (χ0n) is 40.7. The summed E-state index contributed by atoms with van der Waals surface area (Å²) in [6.07, 6.45) is 5.68. The Kier molecular flexibility index (Phi) is 15.1. The van der Waals surface area contributed by atoms with Crippen LogP contribution in [0.2, 0.25) is 10.0 Å². The van der Waals surface area contributed by atoms with Crippen molar-refractivity contribution in [2.24, 2.45) is 0 Å². The first kappa shape index (κ1) is 50.5. The number of H-pyrrole nitrogens is 1. The number of hydrogen-bond acceptors (Lipinski definition) is 10. The molecule has 0 bridgehead atoms. The molecule has 2 aliphatic rings. The maximum atomic E-state index is 14.0. The van der Waals surface area contributed by atoms with E-state index in [1.54, 1.807) is 36.7 Å². The summed E-state index contributed by atoms with van der Waals surface area (Å²) in [5.74, 6) is 0.864. The summed E-state index contributed by atoms with van der Waals surface area (Å²) < 4.78 is 30.0. The number of aromatic nitrogens is 6. The van der Waals surface area contributed by atoms with Gasteiger partial charge in [0, 0.05) is 60.7 Å². The molecule has 0 radical (unpaired) electrons. The van der Waals surface area contributed by atoms with Crippen LogP contribution in [0, 0.1) is 5.82 Å². The lowest BCUT2D eigenvalue weighted by Crippen LogP contribution is -2.49. The first-order chi connectivity index (χ1) is 33.8. The third kappa shape index (κ3) is 12.4. The van der Waals surface area contributed by atoms with E-state index >= 15 is 0 Å². The molecule has 0 saturated carbocycles. The molecule has 0 aliphatic carbocycles. The number of carbonyl (C=O) groups excluding carboxylic acids is 2. The van der Waals surface area contributed by atoms with Gasteiger partial charge in [-0.05, 0) is 121 Å². The Labute approximate surface area is 420 Å². The Balaban J connectivity index is 0.000000194. The van der Waals surface area contributed by atoms with Crippen LogP contribution in [-0.2, 0) is 22.6 Å². The van der Waals surface area contributed by atoms with E-state index in [0.29, 0.717) is 82.4 Å². The Bertz CT molecular complexity index is 3170. The molecule has 0 spiro atoms. The minimum Gasteiger partial charge on any atom is -0.444 e. The number of benzene rings is 3. The highest BCUT2D eigenvalue weighted by molar-refractivity contribution is 6.31. The molecule has 3 N–H and O–H groups in total. The molecule has 2 aliphatic heterocycles. The molecule has 71 heavy (non-hydrogen) atoms. The fourth-order valence-corrected chi connectivity index (χ4v) is 9.30. The number of rotatable bonds is 9. The number of nitrogens with one attached hydrogen (secondary N) is 3. The monoisotopic (exact) mass is 1010 g/mol. The number of alkyl carbamates (subject to hydrolysis) is 2. The van der Waals surface area contributed by atoms with Crippen molar-refractivity contribution in [2.75, 3.05) is 36.0 Å². The van der Waals surface area contributed by atoms with Crippen LogP contribution in [0.15, 0.2) is 107 Å². The number of fused-ring (bicyclic) bond motifs is 2. The highest BCUT2D eigenvalue weighted by atomic mass is 35.5. The molecule has 2 atom stereocenters. The average Bonchev–Trinajstić information content (AvgIpc) is 3.86.